The van der Waals surface area contributed by atoms with Gasteiger partial charge in [-0.05, 0) is 38.5 Å². The highest BCUT2D eigenvalue weighted by molar-refractivity contribution is 7.45. The third kappa shape index (κ3) is 46.3. The molecule has 1 unspecified atom stereocenters. The first kappa shape index (κ1) is 58.8. The van der Waals surface area contributed by atoms with Gasteiger partial charge in [0.1, 0.15) is 19.8 Å². The van der Waals surface area contributed by atoms with Crippen molar-refractivity contribution in [3.05, 3.63) is 12.2 Å². The summed E-state index contributed by atoms with van der Waals surface area (Å²) < 4.78 is 34.0. The fourth-order valence-electron chi connectivity index (χ4n) is 7.30. The molecule has 0 aromatic heterocycles. The second-order valence-corrected chi connectivity index (χ2v) is 20.0. The molecule has 10 heteroatoms. The van der Waals surface area contributed by atoms with Gasteiger partial charge in [0.2, 0.25) is 0 Å². The number of ether oxygens (including phenoxy) is 2. The minimum atomic E-state index is -4.62. The van der Waals surface area contributed by atoms with Crippen molar-refractivity contribution in [2.75, 3.05) is 47.5 Å². The van der Waals surface area contributed by atoms with Crippen molar-refractivity contribution in [3.63, 3.8) is 0 Å². The summed E-state index contributed by atoms with van der Waals surface area (Å²) in [6.07, 6.45) is 46.7. The third-order valence-electron chi connectivity index (χ3n) is 11.3. The molecule has 0 N–H and O–H groups in total. The topological polar surface area (TPSA) is 111 Å². The summed E-state index contributed by atoms with van der Waals surface area (Å²) in [6.45, 7) is 4.26. The van der Waals surface area contributed by atoms with Crippen molar-refractivity contribution in [2.45, 2.75) is 251 Å². The standard InChI is InChI=1S/C50H98NO8P/c1-6-8-10-12-14-16-18-20-22-23-24-25-26-27-29-30-32-34-36-38-40-42-49(52)56-46-48(47-58-60(54,55)57-45-44-51(3,4)5)59-50(53)43-41-39-37-35-33-31-28-21-19-17-15-13-11-9-7-2/h17,19,48H,6-16,18,20-47H2,1-5H3/b19-17-/t48-/m1/s1. The Hall–Kier alpha value is -1.25. The number of hydrogen-bond acceptors (Lipinski definition) is 8. The second kappa shape index (κ2) is 43.0. The summed E-state index contributed by atoms with van der Waals surface area (Å²) in [7, 11) is 1.18. The minimum absolute atomic E-state index is 0.0283. The van der Waals surface area contributed by atoms with Crippen molar-refractivity contribution in [1.82, 2.24) is 0 Å². The third-order valence-corrected chi connectivity index (χ3v) is 12.2. The van der Waals surface area contributed by atoms with Crippen molar-refractivity contribution in [1.29, 1.82) is 0 Å². The van der Waals surface area contributed by atoms with Gasteiger partial charge in [-0.2, -0.15) is 0 Å². The van der Waals surface area contributed by atoms with E-state index in [1.807, 2.05) is 21.1 Å². The number of nitrogens with zero attached hydrogens (tertiary/aromatic N) is 1. The highest BCUT2D eigenvalue weighted by atomic mass is 31.2. The Balaban J connectivity index is 4.19. The lowest BCUT2D eigenvalue weighted by Gasteiger charge is -2.28. The zero-order valence-electron chi connectivity index (χ0n) is 40.2. The number of carbonyl (C=O) groups is 2. The molecular weight excluding hydrogens is 774 g/mol. The molecule has 0 bridgehead atoms. The molecule has 0 rings (SSSR count). The summed E-state index contributed by atoms with van der Waals surface area (Å²) in [5.74, 6) is -0.825. The van der Waals surface area contributed by atoms with Gasteiger partial charge in [-0.1, -0.05) is 206 Å². The molecule has 0 spiro atoms. The van der Waals surface area contributed by atoms with E-state index >= 15 is 0 Å². The molecule has 9 nitrogen and oxygen atoms in total. The summed E-state index contributed by atoms with van der Waals surface area (Å²) in [4.78, 5) is 37.7. The van der Waals surface area contributed by atoms with Crippen molar-refractivity contribution in [3.8, 4) is 0 Å². The van der Waals surface area contributed by atoms with Crippen molar-refractivity contribution < 1.29 is 42.1 Å². The summed E-state index contributed by atoms with van der Waals surface area (Å²) in [6, 6.07) is 0. The van der Waals surface area contributed by atoms with Gasteiger partial charge in [0, 0.05) is 12.8 Å². The fraction of sp³-hybridized carbons (Fsp3) is 0.920. The number of unbranched alkanes of at least 4 members (excludes halogenated alkanes) is 31. The fourth-order valence-corrected chi connectivity index (χ4v) is 8.03. The zero-order valence-corrected chi connectivity index (χ0v) is 41.1. The molecule has 0 saturated heterocycles. The van der Waals surface area contributed by atoms with Gasteiger partial charge in [0.15, 0.2) is 6.10 Å². The largest absolute Gasteiger partial charge is 0.756 e. The van der Waals surface area contributed by atoms with Crippen LogP contribution in [0, 0.1) is 0 Å². The Morgan fingerprint density at radius 2 is 0.850 bits per heavy atom. The van der Waals surface area contributed by atoms with Crippen LogP contribution in [0.15, 0.2) is 12.2 Å². The lowest BCUT2D eigenvalue weighted by Crippen LogP contribution is -2.37. The van der Waals surface area contributed by atoms with Crippen molar-refractivity contribution >= 4 is 19.8 Å². The molecular formula is C50H98NO8P. The molecule has 0 aromatic rings. The van der Waals surface area contributed by atoms with Crippen LogP contribution in [0.3, 0.4) is 0 Å². The molecule has 0 aliphatic carbocycles. The van der Waals surface area contributed by atoms with Crippen LogP contribution in [-0.2, 0) is 32.7 Å². The number of phosphoric acid groups is 1. The Kier molecular flexibility index (Phi) is 42.1. The summed E-state index contributed by atoms with van der Waals surface area (Å²) in [5.41, 5.74) is 0. The molecule has 0 saturated carbocycles. The van der Waals surface area contributed by atoms with Crippen LogP contribution >= 0.6 is 7.82 Å². The van der Waals surface area contributed by atoms with Crippen LogP contribution in [0.4, 0.5) is 0 Å². The van der Waals surface area contributed by atoms with E-state index in [0.717, 1.165) is 44.9 Å². The Labute approximate surface area is 371 Å². The molecule has 0 aliphatic rings. The number of hydrogen-bond donors (Lipinski definition) is 0. The highest BCUT2D eigenvalue weighted by Crippen LogP contribution is 2.38. The van der Waals surface area contributed by atoms with Gasteiger partial charge in [-0.15, -0.1) is 0 Å². The van der Waals surface area contributed by atoms with Gasteiger partial charge >= 0.3 is 11.9 Å². The maximum absolute atomic E-state index is 12.7. The van der Waals surface area contributed by atoms with E-state index in [4.69, 9.17) is 18.5 Å². The molecule has 0 amide bonds. The van der Waals surface area contributed by atoms with Gasteiger partial charge in [-0.25, -0.2) is 0 Å². The summed E-state index contributed by atoms with van der Waals surface area (Å²) in [5, 5.41) is 0. The molecule has 0 aromatic carbocycles. The number of allylic oxidation sites excluding steroid dienone is 2. The Morgan fingerprint density at radius 3 is 1.25 bits per heavy atom. The predicted octanol–water partition coefficient (Wildman–Crippen LogP) is 14.3. The van der Waals surface area contributed by atoms with E-state index in [9.17, 15) is 19.0 Å². The van der Waals surface area contributed by atoms with Crippen molar-refractivity contribution in [2.24, 2.45) is 0 Å². The van der Waals surface area contributed by atoms with E-state index in [0.29, 0.717) is 17.4 Å². The Bertz CT molecular complexity index is 1030. The maximum Gasteiger partial charge on any atom is 0.306 e. The number of rotatable bonds is 47. The minimum Gasteiger partial charge on any atom is -0.756 e. The number of esters is 2. The monoisotopic (exact) mass is 872 g/mol. The molecule has 356 valence electrons. The van der Waals surface area contributed by atoms with E-state index < -0.39 is 26.5 Å². The number of quaternary nitrogens is 1. The SMILES string of the molecule is CCCCCC/C=C\CCCCCCCCCC(=O)O[C@H](COC(=O)CCCCCCCCCCCCCCCCCCCCCCC)COP(=O)([O-])OCC[N+](C)(C)C. The number of likely N-dealkylation sites (N-methyl/N-ethyl adjacent to an activating group) is 1. The molecule has 0 aliphatic heterocycles. The van der Waals surface area contributed by atoms with Crippen LogP contribution in [0.1, 0.15) is 245 Å². The molecule has 0 heterocycles. The van der Waals surface area contributed by atoms with Gasteiger partial charge in [0.25, 0.3) is 7.82 Å². The zero-order chi connectivity index (χ0) is 44.3. The normalized spacial score (nSPS) is 13.5. The molecule has 0 fully saturated rings. The van der Waals surface area contributed by atoms with E-state index in [1.165, 1.54) is 167 Å². The highest BCUT2D eigenvalue weighted by Gasteiger charge is 2.21. The number of phosphoric ester groups is 1. The Morgan fingerprint density at radius 1 is 0.500 bits per heavy atom. The smallest absolute Gasteiger partial charge is 0.306 e. The van der Waals surface area contributed by atoms with E-state index in [2.05, 4.69) is 26.0 Å². The summed E-state index contributed by atoms with van der Waals surface area (Å²) >= 11 is 0. The van der Waals surface area contributed by atoms with E-state index in [-0.39, 0.29) is 32.0 Å². The first-order chi connectivity index (χ1) is 29.0. The first-order valence-corrected chi connectivity index (χ1v) is 26.9. The van der Waals surface area contributed by atoms with Crippen LogP contribution in [0.2, 0.25) is 0 Å². The van der Waals surface area contributed by atoms with Crippen LogP contribution in [-0.4, -0.2) is 70.0 Å². The molecule has 2 atom stereocenters. The quantitative estimate of drug-likeness (QED) is 0.0195. The van der Waals surface area contributed by atoms with Crippen LogP contribution in [0.25, 0.3) is 0 Å². The van der Waals surface area contributed by atoms with Gasteiger partial charge < -0.3 is 27.9 Å². The maximum atomic E-state index is 12.7. The van der Waals surface area contributed by atoms with Gasteiger partial charge in [-0.3, -0.25) is 14.2 Å². The second-order valence-electron chi connectivity index (χ2n) is 18.5. The van der Waals surface area contributed by atoms with Crippen LogP contribution in [0.5, 0.6) is 0 Å². The average molecular weight is 872 g/mol. The average Bonchev–Trinajstić information content (AvgIpc) is 3.20. The predicted molar refractivity (Wildman–Crippen MR) is 250 cm³/mol. The molecule has 60 heavy (non-hydrogen) atoms. The first-order valence-electron chi connectivity index (χ1n) is 25.4. The van der Waals surface area contributed by atoms with E-state index in [1.54, 1.807) is 0 Å². The van der Waals surface area contributed by atoms with Crippen LogP contribution < -0.4 is 4.89 Å². The molecule has 0 radical (unpaired) electrons. The lowest BCUT2D eigenvalue weighted by atomic mass is 10.0. The lowest BCUT2D eigenvalue weighted by molar-refractivity contribution is -0.870. The van der Waals surface area contributed by atoms with Gasteiger partial charge in [0.05, 0.1) is 27.7 Å². The number of carbonyl (C=O) groups excluding carboxylic acids is 2.